The van der Waals surface area contributed by atoms with E-state index in [1.165, 1.54) is 44.4 Å². The van der Waals surface area contributed by atoms with Crippen molar-refractivity contribution in [1.29, 1.82) is 0 Å². The third-order valence-corrected chi connectivity index (χ3v) is 5.96. The Morgan fingerprint density at radius 2 is 1.52 bits per heavy atom. The number of rotatable bonds is 3. The molecular formula is C27H26N2. The van der Waals surface area contributed by atoms with Gasteiger partial charge in [0.15, 0.2) is 0 Å². The minimum atomic E-state index is 1.02. The van der Waals surface area contributed by atoms with Crippen LogP contribution in [0.1, 0.15) is 27.9 Å². The zero-order chi connectivity index (χ0) is 19.8. The maximum absolute atomic E-state index is 2.45. The normalized spacial score (nSPS) is 14.0. The molecule has 0 N–H and O–H groups in total. The van der Waals surface area contributed by atoms with Crippen molar-refractivity contribution in [3.8, 4) is 0 Å². The van der Waals surface area contributed by atoms with E-state index in [0.717, 1.165) is 19.5 Å². The molecule has 5 rings (SSSR count). The third kappa shape index (κ3) is 3.30. The Bertz CT molecular complexity index is 1140. The van der Waals surface area contributed by atoms with Crippen molar-refractivity contribution in [2.75, 3.05) is 13.6 Å². The third-order valence-electron chi connectivity index (χ3n) is 5.96. The van der Waals surface area contributed by atoms with Crippen molar-refractivity contribution < 1.29 is 0 Å². The first-order valence-corrected chi connectivity index (χ1v) is 10.3. The van der Waals surface area contributed by atoms with Gasteiger partial charge in [0.2, 0.25) is 0 Å². The van der Waals surface area contributed by atoms with Crippen molar-refractivity contribution in [2.24, 2.45) is 0 Å². The Labute approximate surface area is 172 Å². The van der Waals surface area contributed by atoms with Gasteiger partial charge in [-0.3, -0.25) is 0 Å². The van der Waals surface area contributed by atoms with Gasteiger partial charge in [-0.05, 0) is 42.8 Å². The highest BCUT2D eigenvalue weighted by Crippen LogP contribution is 2.34. The van der Waals surface area contributed by atoms with Gasteiger partial charge in [0.25, 0.3) is 0 Å². The van der Waals surface area contributed by atoms with Crippen LogP contribution in [-0.2, 0) is 13.0 Å². The first-order valence-electron chi connectivity index (χ1n) is 10.3. The van der Waals surface area contributed by atoms with Gasteiger partial charge in [-0.15, -0.1) is 0 Å². The maximum Gasteiger partial charge on any atom is 0.0529 e. The lowest BCUT2D eigenvalue weighted by atomic mass is 9.99. The van der Waals surface area contributed by atoms with Gasteiger partial charge < -0.3 is 9.47 Å². The van der Waals surface area contributed by atoms with E-state index in [4.69, 9.17) is 0 Å². The number of likely N-dealkylation sites (N-methyl/N-ethyl adjacent to an activating group) is 1. The molecule has 0 unspecified atom stereocenters. The molecule has 1 aliphatic rings. The van der Waals surface area contributed by atoms with E-state index >= 15 is 0 Å². The van der Waals surface area contributed by atoms with E-state index in [0.29, 0.717) is 0 Å². The molecule has 1 aromatic heterocycles. The molecule has 2 heterocycles. The Balaban J connectivity index is 1.78. The lowest BCUT2D eigenvalue weighted by Crippen LogP contribution is -2.26. The molecule has 0 saturated carbocycles. The van der Waals surface area contributed by atoms with Gasteiger partial charge in [-0.25, -0.2) is 0 Å². The van der Waals surface area contributed by atoms with Crippen LogP contribution in [0.25, 0.3) is 22.7 Å². The molecule has 0 amide bonds. The summed E-state index contributed by atoms with van der Waals surface area (Å²) < 4.78 is 2.45. The summed E-state index contributed by atoms with van der Waals surface area (Å²) in [5, 5.41) is 1.39. The zero-order valence-electron chi connectivity index (χ0n) is 17.1. The van der Waals surface area contributed by atoms with Crippen molar-refractivity contribution in [2.45, 2.75) is 19.9 Å². The van der Waals surface area contributed by atoms with Crippen LogP contribution in [0.3, 0.4) is 0 Å². The number of aromatic nitrogens is 1. The average Bonchev–Trinajstić information content (AvgIpc) is 3.05. The van der Waals surface area contributed by atoms with Crippen LogP contribution in [0.4, 0.5) is 0 Å². The molecule has 29 heavy (non-hydrogen) atoms. The number of nitrogens with zero attached hydrogens (tertiary/aromatic N) is 2. The molecular weight excluding hydrogens is 352 g/mol. The Morgan fingerprint density at radius 1 is 0.862 bits per heavy atom. The lowest BCUT2D eigenvalue weighted by molar-refractivity contribution is 0.312. The SMILES string of the molecule is Cc1ccc2c(c1)c1c(n2C=C(c2ccccc2)c2ccccc2)CCN(C)C1. The molecule has 3 aromatic carbocycles. The van der Waals surface area contributed by atoms with Gasteiger partial charge in [0.05, 0.1) is 5.52 Å². The molecule has 0 atom stereocenters. The average molecular weight is 379 g/mol. The topological polar surface area (TPSA) is 8.17 Å². The predicted octanol–water partition coefficient (Wildman–Crippen LogP) is 5.98. The van der Waals surface area contributed by atoms with Crippen molar-refractivity contribution in [1.82, 2.24) is 9.47 Å². The number of benzene rings is 3. The van der Waals surface area contributed by atoms with Crippen LogP contribution in [-0.4, -0.2) is 23.1 Å². The second-order valence-corrected chi connectivity index (χ2v) is 8.08. The summed E-state index contributed by atoms with van der Waals surface area (Å²) >= 11 is 0. The van der Waals surface area contributed by atoms with E-state index in [2.05, 4.69) is 109 Å². The number of hydrogen-bond acceptors (Lipinski definition) is 1. The van der Waals surface area contributed by atoms with Gasteiger partial charge in [-0.1, -0.05) is 72.3 Å². The molecule has 1 aliphatic heterocycles. The fourth-order valence-electron chi connectivity index (χ4n) is 4.47. The fraction of sp³-hybridized carbons (Fsp3) is 0.185. The molecule has 144 valence electrons. The Hall–Kier alpha value is -3.10. The first-order chi connectivity index (χ1) is 14.2. The van der Waals surface area contributed by atoms with Gasteiger partial charge >= 0.3 is 0 Å². The standard InChI is InChI=1S/C27H26N2/c1-20-13-14-26-23(17-20)25-18-28(2)16-15-27(25)29(26)19-24(21-9-5-3-6-10-21)22-11-7-4-8-12-22/h3-14,17,19H,15-16,18H2,1-2H3. The zero-order valence-corrected chi connectivity index (χ0v) is 17.1. The summed E-state index contributed by atoms with van der Waals surface area (Å²) in [7, 11) is 2.22. The summed E-state index contributed by atoms with van der Waals surface area (Å²) in [6, 6.07) is 28.3. The minimum Gasteiger partial charge on any atom is -0.319 e. The van der Waals surface area contributed by atoms with Gasteiger partial charge in [0, 0.05) is 42.4 Å². The van der Waals surface area contributed by atoms with Crippen LogP contribution >= 0.6 is 0 Å². The van der Waals surface area contributed by atoms with E-state index in [-0.39, 0.29) is 0 Å². The largest absolute Gasteiger partial charge is 0.319 e. The number of aryl methyl sites for hydroxylation is 1. The van der Waals surface area contributed by atoms with E-state index in [1.54, 1.807) is 0 Å². The van der Waals surface area contributed by atoms with Crippen LogP contribution < -0.4 is 0 Å². The highest BCUT2D eigenvalue weighted by molar-refractivity contribution is 5.93. The maximum atomic E-state index is 2.45. The Morgan fingerprint density at radius 3 is 2.17 bits per heavy atom. The molecule has 2 heteroatoms. The van der Waals surface area contributed by atoms with E-state index in [1.807, 2.05) is 0 Å². The fourth-order valence-corrected chi connectivity index (χ4v) is 4.47. The van der Waals surface area contributed by atoms with Crippen LogP contribution in [0.15, 0.2) is 78.9 Å². The minimum absolute atomic E-state index is 1.02. The van der Waals surface area contributed by atoms with Gasteiger partial charge in [0.1, 0.15) is 0 Å². The first kappa shape index (κ1) is 18.0. The highest BCUT2D eigenvalue weighted by Gasteiger charge is 2.22. The van der Waals surface area contributed by atoms with E-state index in [9.17, 15) is 0 Å². The summed E-state index contributed by atoms with van der Waals surface area (Å²) in [4.78, 5) is 2.42. The second-order valence-electron chi connectivity index (χ2n) is 8.08. The monoisotopic (exact) mass is 378 g/mol. The van der Waals surface area contributed by atoms with E-state index < -0.39 is 0 Å². The molecule has 0 aliphatic carbocycles. The predicted molar refractivity (Wildman–Crippen MR) is 123 cm³/mol. The summed E-state index contributed by atoms with van der Waals surface area (Å²) in [6.07, 6.45) is 3.43. The Kier molecular flexibility index (Phi) is 4.57. The quantitative estimate of drug-likeness (QED) is 0.425. The summed E-state index contributed by atoms with van der Waals surface area (Å²) in [6.45, 7) is 4.30. The molecule has 0 spiro atoms. The highest BCUT2D eigenvalue weighted by atomic mass is 15.1. The molecule has 0 bridgehead atoms. The summed E-state index contributed by atoms with van der Waals surface area (Å²) in [5.74, 6) is 0. The molecule has 4 aromatic rings. The molecule has 2 nitrogen and oxygen atoms in total. The van der Waals surface area contributed by atoms with Gasteiger partial charge in [-0.2, -0.15) is 0 Å². The van der Waals surface area contributed by atoms with Crippen molar-refractivity contribution in [3.05, 3.63) is 107 Å². The van der Waals surface area contributed by atoms with Crippen LogP contribution in [0.5, 0.6) is 0 Å². The summed E-state index contributed by atoms with van der Waals surface area (Å²) in [5.41, 5.74) is 9.30. The van der Waals surface area contributed by atoms with Crippen LogP contribution in [0, 0.1) is 6.92 Å². The van der Waals surface area contributed by atoms with Crippen molar-refractivity contribution >= 4 is 22.7 Å². The van der Waals surface area contributed by atoms with Crippen LogP contribution in [0.2, 0.25) is 0 Å². The number of fused-ring (bicyclic) bond motifs is 3. The molecule has 0 radical (unpaired) electrons. The second kappa shape index (κ2) is 7.38. The molecule has 0 saturated heterocycles. The number of hydrogen-bond donors (Lipinski definition) is 0. The lowest BCUT2D eigenvalue weighted by Gasteiger charge is -2.24. The molecule has 0 fully saturated rings. The smallest absolute Gasteiger partial charge is 0.0529 e. The van der Waals surface area contributed by atoms with Crippen molar-refractivity contribution in [3.63, 3.8) is 0 Å².